The quantitative estimate of drug-likeness (QED) is 0.339. The molecule has 1 amide bonds. The number of rotatable bonds is 8. The normalized spacial score (nSPS) is 11.4. The van der Waals surface area contributed by atoms with E-state index in [2.05, 4.69) is 4.72 Å². The van der Waals surface area contributed by atoms with E-state index in [0.29, 0.717) is 23.6 Å². The summed E-state index contributed by atoms with van der Waals surface area (Å²) in [5, 5.41) is 2.40. The van der Waals surface area contributed by atoms with E-state index >= 15 is 0 Å². The number of benzene rings is 4. The average molecular weight is 479 g/mol. The van der Waals surface area contributed by atoms with Gasteiger partial charge >= 0.3 is 0 Å². The Morgan fingerprint density at radius 2 is 1.48 bits per heavy atom. The van der Waals surface area contributed by atoms with Crippen LogP contribution in [0.2, 0.25) is 5.02 Å². The number of hydrogen-bond donors (Lipinski definition) is 1. The molecule has 4 rings (SSSR count). The van der Waals surface area contributed by atoms with Gasteiger partial charge in [0.15, 0.2) is 0 Å². The fourth-order valence-electron chi connectivity index (χ4n) is 3.57. The topological polar surface area (TPSA) is 66.5 Å². The third-order valence-electron chi connectivity index (χ3n) is 5.29. The molecule has 0 aliphatic heterocycles. The van der Waals surface area contributed by atoms with Crippen LogP contribution in [0.5, 0.6) is 0 Å². The molecule has 5 nitrogen and oxygen atoms in total. The number of sulfonamides is 1. The van der Waals surface area contributed by atoms with Crippen molar-refractivity contribution in [2.45, 2.75) is 11.3 Å². The highest BCUT2D eigenvalue weighted by atomic mass is 35.5. The number of para-hydroxylation sites is 1. The Kier molecular flexibility index (Phi) is 7.08. The Labute approximate surface area is 198 Å². The van der Waals surface area contributed by atoms with Crippen LogP contribution in [0.3, 0.4) is 0 Å². The summed E-state index contributed by atoms with van der Waals surface area (Å²) in [5.74, 6) is -0.171. The van der Waals surface area contributed by atoms with Crippen LogP contribution in [0, 0.1) is 0 Å². The minimum absolute atomic E-state index is 0.171. The highest BCUT2D eigenvalue weighted by Gasteiger charge is 2.19. The zero-order chi connectivity index (χ0) is 23.3. The third kappa shape index (κ3) is 5.60. The maximum absolute atomic E-state index is 13.1. The number of nitrogens with zero attached hydrogens (tertiary/aromatic N) is 1. The molecule has 4 aromatic rings. The van der Waals surface area contributed by atoms with Gasteiger partial charge < -0.3 is 4.90 Å². The predicted molar refractivity (Wildman–Crippen MR) is 133 cm³/mol. The van der Waals surface area contributed by atoms with Crippen molar-refractivity contribution in [1.82, 2.24) is 4.72 Å². The summed E-state index contributed by atoms with van der Waals surface area (Å²) < 4.78 is 28.2. The maximum Gasteiger partial charge on any atom is 0.258 e. The van der Waals surface area contributed by atoms with Gasteiger partial charge in [-0.3, -0.25) is 4.79 Å². The lowest BCUT2D eigenvalue weighted by molar-refractivity contribution is 0.0986. The van der Waals surface area contributed by atoms with Gasteiger partial charge in [-0.15, -0.1) is 0 Å². The first-order valence-electron chi connectivity index (χ1n) is 10.5. The van der Waals surface area contributed by atoms with Gasteiger partial charge in [0.05, 0.1) is 4.90 Å². The van der Waals surface area contributed by atoms with Gasteiger partial charge in [0.1, 0.15) is 0 Å². The van der Waals surface area contributed by atoms with E-state index in [1.54, 1.807) is 47.4 Å². The molecular formula is C26H23ClN2O3S. The first-order valence-corrected chi connectivity index (χ1v) is 12.4. The highest BCUT2D eigenvalue weighted by Crippen LogP contribution is 2.20. The number of fused-ring (bicyclic) bond motifs is 1. The molecule has 1 N–H and O–H groups in total. The molecule has 0 spiro atoms. The van der Waals surface area contributed by atoms with Crippen molar-refractivity contribution in [2.24, 2.45) is 0 Å². The van der Waals surface area contributed by atoms with Crippen molar-refractivity contribution in [3.8, 4) is 0 Å². The smallest absolute Gasteiger partial charge is 0.258 e. The molecule has 7 heteroatoms. The second-order valence-electron chi connectivity index (χ2n) is 7.56. The molecule has 0 radical (unpaired) electrons. The van der Waals surface area contributed by atoms with E-state index < -0.39 is 10.0 Å². The molecule has 0 aliphatic rings. The second-order valence-corrected chi connectivity index (χ2v) is 9.76. The lowest BCUT2D eigenvalue weighted by atomic mass is 10.1. The van der Waals surface area contributed by atoms with E-state index in [-0.39, 0.29) is 17.3 Å². The number of nitrogens with one attached hydrogen (secondary N) is 1. The number of carbonyl (C=O) groups is 1. The van der Waals surface area contributed by atoms with Crippen molar-refractivity contribution in [1.29, 1.82) is 0 Å². The number of carbonyl (C=O) groups excluding carboxylic acids is 1. The summed E-state index contributed by atoms with van der Waals surface area (Å²) in [6, 6.07) is 28.7. The van der Waals surface area contributed by atoms with E-state index in [4.69, 9.17) is 11.6 Å². The van der Waals surface area contributed by atoms with Gasteiger partial charge in [-0.25, -0.2) is 13.1 Å². The third-order valence-corrected chi connectivity index (χ3v) is 7.00. The minimum Gasteiger partial charge on any atom is -0.308 e. The lowest BCUT2D eigenvalue weighted by Gasteiger charge is -2.23. The maximum atomic E-state index is 13.1. The van der Waals surface area contributed by atoms with E-state index in [1.807, 2.05) is 54.6 Å². The van der Waals surface area contributed by atoms with Crippen LogP contribution in [0.4, 0.5) is 5.69 Å². The number of halogens is 1. The summed E-state index contributed by atoms with van der Waals surface area (Å²) in [6.07, 6.45) is 0.445. The fraction of sp³-hybridized carbons (Fsp3) is 0.115. The summed E-state index contributed by atoms with van der Waals surface area (Å²) in [4.78, 5) is 15.0. The van der Waals surface area contributed by atoms with E-state index in [0.717, 1.165) is 16.5 Å². The standard InChI is InChI=1S/C26H23ClN2O3S/c27-23-14-11-21(12-15-23)26(30)29(24-9-2-1-3-10-24)18-6-17-28-33(31,32)25-16-13-20-7-4-5-8-22(20)19-25/h1-5,7-16,19,28H,6,17-18H2. The molecule has 33 heavy (non-hydrogen) atoms. The largest absolute Gasteiger partial charge is 0.308 e. The van der Waals surface area contributed by atoms with E-state index in [9.17, 15) is 13.2 Å². The Morgan fingerprint density at radius 1 is 0.818 bits per heavy atom. The number of hydrogen-bond acceptors (Lipinski definition) is 3. The van der Waals surface area contributed by atoms with Crippen LogP contribution in [-0.4, -0.2) is 27.4 Å². The molecule has 0 bridgehead atoms. The van der Waals surface area contributed by atoms with Crippen LogP contribution >= 0.6 is 11.6 Å². The number of anilines is 1. The van der Waals surface area contributed by atoms with Gasteiger partial charge in [-0.1, -0.05) is 60.1 Å². The zero-order valence-electron chi connectivity index (χ0n) is 17.8. The van der Waals surface area contributed by atoms with Crippen LogP contribution in [0.25, 0.3) is 10.8 Å². The van der Waals surface area contributed by atoms with Gasteiger partial charge in [0.2, 0.25) is 10.0 Å². The van der Waals surface area contributed by atoms with Crippen molar-refractivity contribution in [3.05, 3.63) is 108 Å². The van der Waals surface area contributed by atoms with Crippen LogP contribution < -0.4 is 9.62 Å². The van der Waals surface area contributed by atoms with Gasteiger partial charge in [0.25, 0.3) is 5.91 Å². The SMILES string of the molecule is O=C(c1ccc(Cl)cc1)N(CCCNS(=O)(=O)c1ccc2ccccc2c1)c1ccccc1. The van der Waals surface area contributed by atoms with Crippen LogP contribution in [-0.2, 0) is 10.0 Å². The molecule has 0 atom stereocenters. The van der Waals surface area contributed by atoms with Gasteiger partial charge in [0, 0.05) is 29.4 Å². The molecule has 0 saturated carbocycles. The van der Waals surface area contributed by atoms with E-state index in [1.165, 1.54) is 0 Å². The van der Waals surface area contributed by atoms with Crippen LogP contribution in [0.1, 0.15) is 16.8 Å². The monoisotopic (exact) mass is 478 g/mol. The fourth-order valence-corrected chi connectivity index (χ4v) is 4.80. The highest BCUT2D eigenvalue weighted by molar-refractivity contribution is 7.89. The molecular weight excluding hydrogens is 456 g/mol. The molecule has 0 unspecified atom stereocenters. The molecule has 0 fully saturated rings. The Hall–Kier alpha value is -3.19. The van der Waals surface area contributed by atoms with Gasteiger partial charge in [-0.2, -0.15) is 0 Å². The summed E-state index contributed by atoms with van der Waals surface area (Å²) >= 11 is 5.95. The van der Waals surface area contributed by atoms with Crippen molar-refractivity contribution >= 4 is 44.0 Å². The Bertz CT molecular complexity index is 1360. The van der Waals surface area contributed by atoms with Crippen molar-refractivity contribution in [3.63, 3.8) is 0 Å². The second kappa shape index (κ2) is 10.2. The van der Waals surface area contributed by atoms with Crippen LogP contribution in [0.15, 0.2) is 102 Å². The minimum atomic E-state index is -3.66. The Balaban J connectivity index is 1.44. The summed E-state index contributed by atoms with van der Waals surface area (Å²) in [6.45, 7) is 0.554. The summed E-state index contributed by atoms with van der Waals surface area (Å²) in [7, 11) is -3.66. The van der Waals surface area contributed by atoms with Gasteiger partial charge in [-0.05, 0) is 65.7 Å². The summed E-state index contributed by atoms with van der Waals surface area (Å²) in [5.41, 5.74) is 1.26. The molecule has 0 aliphatic carbocycles. The number of amides is 1. The first kappa shape index (κ1) is 23.0. The molecule has 0 heterocycles. The Morgan fingerprint density at radius 3 is 2.21 bits per heavy atom. The molecule has 168 valence electrons. The van der Waals surface area contributed by atoms with Crippen molar-refractivity contribution < 1.29 is 13.2 Å². The van der Waals surface area contributed by atoms with Crippen molar-refractivity contribution in [2.75, 3.05) is 18.0 Å². The average Bonchev–Trinajstić information content (AvgIpc) is 2.84. The molecule has 4 aromatic carbocycles. The zero-order valence-corrected chi connectivity index (χ0v) is 19.4. The first-order chi connectivity index (χ1) is 15.9. The predicted octanol–water partition coefficient (Wildman–Crippen LogP) is 5.51. The molecule has 0 saturated heterocycles. The lowest BCUT2D eigenvalue weighted by Crippen LogP contribution is -2.34. The molecule has 0 aromatic heterocycles.